The third kappa shape index (κ3) is 4.41. The molecule has 0 bridgehead atoms. The number of carbonyl (C=O) groups is 1. The van der Waals surface area contributed by atoms with E-state index in [-0.39, 0.29) is 6.54 Å². The second-order valence-electron chi connectivity index (χ2n) is 5.09. The summed E-state index contributed by atoms with van der Waals surface area (Å²) in [5.74, 6) is -0.420. The Labute approximate surface area is 129 Å². The van der Waals surface area contributed by atoms with Gasteiger partial charge in [-0.2, -0.15) is 5.10 Å². The molecule has 0 spiro atoms. The van der Waals surface area contributed by atoms with Gasteiger partial charge in [0.15, 0.2) is 0 Å². The van der Waals surface area contributed by atoms with Crippen molar-refractivity contribution in [3.8, 4) is 0 Å². The fourth-order valence-corrected chi connectivity index (χ4v) is 2.13. The lowest BCUT2D eigenvalue weighted by molar-refractivity contribution is 0.0526. The van der Waals surface area contributed by atoms with E-state index in [0.29, 0.717) is 18.6 Å². The van der Waals surface area contributed by atoms with Gasteiger partial charge in [-0.3, -0.25) is 4.68 Å². The summed E-state index contributed by atoms with van der Waals surface area (Å²) >= 11 is 0. The van der Waals surface area contributed by atoms with Crippen molar-refractivity contribution in [3.63, 3.8) is 0 Å². The topological polar surface area (TPSA) is 90.4 Å². The molecule has 0 aliphatic rings. The maximum Gasteiger partial charge on any atom is 0.341 e. The van der Waals surface area contributed by atoms with E-state index >= 15 is 0 Å². The molecule has 0 saturated carbocycles. The lowest BCUT2D eigenvalue weighted by atomic mass is 10.0. The Bertz CT molecular complexity index is 598. The van der Waals surface area contributed by atoms with Crippen molar-refractivity contribution in [3.05, 3.63) is 53.9 Å². The van der Waals surface area contributed by atoms with Crippen LogP contribution >= 0.6 is 0 Å². The second kappa shape index (κ2) is 7.72. The number of hydrogen-bond acceptors (Lipinski definition) is 5. The Morgan fingerprint density at radius 2 is 2.14 bits per heavy atom. The lowest BCUT2D eigenvalue weighted by Crippen LogP contribution is -2.39. The third-order valence-electron chi connectivity index (χ3n) is 3.33. The molecule has 1 heterocycles. The summed E-state index contributed by atoms with van der Waals surface area (Å²) in [7, 11) is 0. The SMILES string of the molecule is CCOC(=O)c1cnn(C[C@H](O)[C@@H](N)Cc2ccccc2)c1. The van der Waals surface area contributed by atoms with Gasteiger partial charge in [-0.15, -0.1) is 0 Å². The van der Waals surface area contributed by atoms with Gasteiger partial charge in [0.05, 0.1) is 31.0 Å². The molecule has 22 heavy (non-hydrogen) atoms. The molecule has 0 aliphatic heterocycles. The first kappa shape index (κ1) is 16.2. The number of carbonyl (C=O) groups excluding carboxylic acids is 1. The minimum Gasteiger partial charge on any atom is -0.462 e. The lowest BCUT2D eigenvalue weighted by Gasteiger charge is -2.18. The van der Waals surface area contributed by atoms with Crippen LogP contribution in [0.25, 0.3) is 0 Å². The molecule has 2 atom stereocenters. The van der Waals surface area contributed by atoms with Gasteiger partial charge < -0.3 is 15.6 Å². The Morgan fingerprint density at radius 1 is 1.41 bits per heavy atom. The van der Waals surface area contributed by atoms with Gasteiger partial charge in [-0.05, 0) is 18.9 Å². The smallest absolute Gasteiger partial charge is 0.341 e. The van der Waals surface area contributed by atoms with Gasteiger partial charge in [0.25, 0.3) is 0 Å². The fourth-order valence-electron chi connectivity index (χ4n) is 2.13. The highest BCUT2D eigenvalue weighted by Gasteiger charge is 2.17. The predicted molar refractivity (Wildman–Crippen MR) is 82.3 cm³/mol. The summed E-state index contributed by atoms with van der Waals surface area (Å²) in [6.07, 6.45) is 2.80. The van der Waals surface area contributed by atoms with Crippen LogP contribution in [0, 0.1) is 0 Å². The predicted octanol–water partition coefficient (Wildman–Crippen LogP) is 0.991. The van der Waals surface area contributed by atoms with E-state index in [1.54, 1.807) is 13.1 Å². The fraction of sp³-hybridized carbons (Fsp3) is 0.375. The van der Waals surface area contributed by atoms with Crippen LogP contribution in [-0.4, -0.2) is 39.6 Å². The molecule has 2 rings (SSSR count). The van der Waals surface area contributed by atoms with Crippen LogP contribution in [0.2, 0.25) is 0 Å². The highest BCUT2D eigenvalue weighted by Crippen LogP contribution is 2.07. The first-order chi connectivity index (χ1) is 10.6. The van der Waals surface area contributed by atoms with E-state index < -0.39 is 18.1 Å². The van der Waals surface area contributed by atoms with Crippen molar-refractivity contribution < 1.29 is 14.6 Å². The van der Waals surface area contributed by atoms with Crippen molar-refractivity contribution >= 4 is 5.97 Å². The summed E-state index contributed by atoms with van der Waals surface area (Å²) in [4.78, 5) is 11.6. The van der Waals surface area contributed by atoms with Gasteiger partial charge in [-0.1, -0.05) is 30.3 Å². The highest BCUT2D eigenvalue weighted by molar-refractivity contribution is 5.88. The maximum absolute atomic E-state index is 11.6. The number of hydrogen-bond donors (Lipinski definition) is 2. The Morgan fingerprint density at radius 3 is 2.82 bits per heavy atom. The highest BCUT2D eigenvalue weighted by atomic mass is 16.5. The largest absolute Gasteiger partial charge is 0.462 e. The monoisotopic (exact) mass is 303 g/mol. The molecular formula is C16H21N3O3. The third-order valence-corrected chi connectivity index (χ3v) is 3.33. The summed E-state index contributed by atoms with van der Waals surface area (Å²) in [6.45, 7) is 2.29. The molecule has 1 aromatic heterocycles. The average molecular weight is 303 g/mol. The minimum atomic E-state index is -0.754. The molecule has 0 radical (unpaired) electrons. The van der Waals surface area contributed by atoms with Crippen molar-refractivity contribution in [2.45, 2.75) is 32.0 Å². The molecule has 118 valence electrons. The molecule has 6 nitrogen and oxygen atoms in total. The summed E-state index contributed by atoms with van der Waals surface area (Å²) in [5.41, 5.74) is 7.47. The zero-order valence-electron chi connectivity index (χ0n) is 12.6. The van der Waals surface area contributed by atoms with E-state index in [2.05, 4.69) is 5.10 Å². The molecule has 0 saturated heterocycles. The van der Waals surface area contributed by atoms with Gasteiger partial charge in [-0.25, -0.2) is 4.79 Å². The molecule has 0 amide bonds. The van der Waals surface area contributed by atoms with Crippen LogP contribution in [-0.2, 0) is 17.7 Å². The van der Waals surface area contributed by atoms with Gasteiger partial charge in [0.2, 0.25) is 0 Å². The molecule has 0 unspecified atom stereocenters. The summed E-state index contributed by atoms with van der Waals surface area (Å²) < 4.78 is 6.39. The maximum atomic E-state index is 11.6. The number of esters is 1. The van der Waals surface area contributed by atoms with Crippen LogP contribution in [0.5, 0.6) is 0 Å². The van der Waals surface area contributed by atoms with E-state index in [0.717, 1.165) is 5.56 Å². The number of benzene rings is 1. The Kier molecular flexibility index (Phi) is 5.68. The number of nitrogens with zero attached hydrogens (tertiary/aromatic N) is 2. The number of ether oxygens (including phenoxy) is 1. The van der Waals surface area contributed by atoms with Gasteiger partial charge >= 0.3 is 5.97 Å². The molecule has 3 N–H and O–H groups in total. The van der Waals surface area contributed by atoms with Crippen LogP contribution in [0.4, 0.5) is 0 Å². The first-order valence-electron chi connectivity index (χ1n) is 7.27. The standard InChI is InChI=1S/C16H21N3O3/c1-2-22-16(21)13-9-18-19(10-13)11-15(20)14(17)8-12-6-4-3-5-7-12/h3-7,9-10,14-15,20H,2,8,11,17H2,1H3/t14-,15-/m0/s1. The molecule has 1 aromatic carbocycles. The average Bonchev–Trinajstić information content (AvgIpc) is 2.97. The number of nitrogens with two attached hydrogens (primary N) is 1. The van der Waals surface area contributed by atoms with E-state index in [9.17, 15) is 9.90 Å². The Hall–Kier alpha value is -2.18. The summed E-state index contributed by atoms with van der Waals surface area (Å²) in [6, 6.07) is 9.35. The zero-order chi connectivity index (χ0) is 15.9. The van der Waals surface area contributed by atoms with Gasteiger partial charge in [0, 0.05) is 12.2 Å². The van der Waals surface area contributed by atoms with E-state index in [1.807, 2.05) is 30.3 Å². The van der Waals surface area contributed by atoms with Crippen LogP contribution in [0.1, 0.15) is 22.8 Å². The quantitative estimate of drug-likeness (QED) is 0.744. The van der Waals surface area contributed by atoms with Crippen molar-refractivity contribution in [2.24, 2.45) is 5.73 Å². The first-order valence-corrected chi connectivity index (χ1v) is 7.27. The number of aliphatic hydroxyl groups excluding tert-OH is 1. The van der Waals surface area contributed by atoms with E-state index in [4.69, 9.17) is 10.5 Å². The second-order valence-corrected chi connectivity index (χ2v) is 5.09. The molecule has 2 aromatic rings. The number of rotatable bonds is 7. The van der Waals surface area contributed by atoms with Crippen molar-refractivity contribution in [1.29, 1.82) is 0 Å². The normalized spacial score (nSPS) is 13.6. The summed E-state index contributed by atoms with van der Waals surface area (Å²) in [5, 5.41) is 14.2. The molecule has 0 fully saturated rings. The molecule has 0 aliphatic carbocycles. The minimum absolute atomic E-state index is 0.230. The van der Waals surface area contributed by atoms with Crippen LogP contribution in [0.15, 0.2) is 42.7 Å². The zero-order valence-corrected chi connectivity index (χ0v) is 12.6. The number of aliphatic hydroxyl groups is 1. The number of aromatic nitrogens is 2. The van der Waals surface area contributed by atoms with Crippen molar-refractivity contribution in [2.75, 3.05) is 6.61 Å². The molecule has 6 heteroatoms. The molecular weight excluding hydrogens is 282 g/mol. The van der Waals surface area contributed by atoms with Gasteiger partial charge in [0.1, 0.15) is 0 Å². The van der Waals surface area contributed by atoms with Crippen molar-refractivity contribution in [1.82, 2.24) is 9.78 Å². The Balaban J connectivity index is 1.91. The van der Waals surface area contributed by atoms with E-state index in [1.165, 1.54) is 10.9 Å². The van der Waals surface area contributed by atoms with Crippen LogP contribution < -0.4 is 5.73 Å². The van der Waals surface area contributed by atoms with Crippen LogP contribution in [0.3, 0.4) is 0 Å².